The van der Waals surface area contributed by atoms with E-state index in [1.54, 1.807) is 43.3 Å². The van der Waals surface area contributed by atoms with Crippen molar-refractivity contribution in [3.8, 4) is 5.75 Å². The van der Waals surface area contributed by atoms with Gasteiger partial charge in [-0.2, -0.15) is 0 Å². The van der Waals surface area contributed by atoms with Crippen LogP contribution in [0.1, 0.15) is 33.3 Å². The van der Waals surface area contributed by atoms with E-state index in [4.69, 9.17) is 16.3 Å². The summed E-state index contributed by atoms with van der Waals surface area (Å²) in [5.41, 5.74) is 0.275. The van der Waals surface area contributed by atoms with Crippen molar-refractivity contribution in [2.75, 3.05) is 6.61 Å². The third kappa shape index (κ3) is 7.38. The fraction of sp³-hybridized carbons (Fsp3) is 0.364. The SMILES string of the molecule is C[C@@H](C(=O)NC(C)(C)C)N(Cc1ccc(F)cc1)C(=O)COc1ccc(Cl)cc1. The van der Waals surface area contributed by atoms with Gasteiger partial charge >= 0.3 is 0 Å². The summed E-state index contributed by atoms with van der Waals surface area (Å²) in [6.07, 6.45) is 0. The number of carbonyl (C=O) groups excluding carboxylic acids is 2. The fourth-order valence-electron chi connectivity index (χ4n) is 2.60. The van der Waals surface area contributed by atoms with E-state index in [0.717, 1.165) is 0 Å². The van der Waals surface area contributed by atoms with E-state index in [1.165, 1.54) is 17.0 Å². The predicted octanol–water partition coefficient (Wildman–Crippen LogP) is 4.19. The molecule has 0 saturated heterocycles. The molecule has 0 unspecified atom stereocenters. The predicted molar refractivity (Wildman–Crippen MR) is 111 cm³/mol. The maximum Gasteiger partial charge on any atom is 0.261 e. The highest BCUT2D eigenvalue weighted by molar-refractivity contribution is 6.30. The summed E-state index contributed by atoms with van der Waals surface area (Å²) in [5, 5.41) is 3.44. The maximum absolute atomic E-state index is 13.2. The minimum absolute atomic E-state index is 0.155. The second-order valence-corrected chi connectivity index (χ2v) is 8.24. The molecule has 7 heteroatoms. The van der Waals surface area contributed by atoms with Crippen LogP contribution in [-0.2, 0) is 16.1 Å². The van der Waals surface area contributed by atoms with Gasteiger partial charge in [-0.1, -0.05) is 23.7 Å². The Kier molecular flexibility index (Phi) is 7.62. The number of hydrogen-bond acceptors (Lipinski definition) is 3. The van der Waals surface area contributed by atoms with Gasteiger partial charge in [0.1, 0.15) is 17.6 Å². The van der Waals surface area contributed by atoms with Gasteiger partial charge < -0.3 is 15.0 Å². The number of carbonyl (C=O) groups is 2. The van der Waals surface area contributed by atoms with Crippen LogP contribution in [0.15, 0.2) is 48.5 Å². The van der Waals surface area contributed by atoms with Crippen LogP contribution < -0.4 is 10.1 Å². The number of ether oxygens (including phenoxy) is 1. The first kappa shape index (κ1) is 22.7. The Hall–Kier alpha value is -2.60. The lowest BCUT2D eigenvalue weighted by Crippen LogP contribution is -2.53. The Morgan fingerprint density at radius 3 is 2.24 bits per heavy atom. The maximum atomic E-state index is 13.2. The van der Waals surface area contributed by atoms with Gasteiger partial charge in [0.25, 0.3) is 5.91 Å². The van der Waals surface area contributed by atoms with E-state index in [1.807, 2.05) is 20.8 Å². The van der Waals surface area contributed by atoms with Gasteiger partial charge in [-0.3, -0.25) is 9.59 Å². The molecule has 0 heterocycles. The van der Waals surface area contributed by atoms with Gasteiger partial charge in [0.05, 0.1) is 0 Å². The minimum atomic E-state index is -0.736. The lowest BCUT2D eigenvalue weighted by molar-refractivity contribution is -0.142. The lowest BCUT2D eigenvalue weighted by atomic mass is 10.1. The average molecular weight is 421 g/mol. The van der Waals surface area contributed by atoms with Crippen molar-refractivity contribution < 1.29 is 18.7 Å². The third-order valence-electron chi connectivity index (χ3n) is 4.11. The number of hydrogen-bond donors (Lipinski definition) is 1. The van der Waals surface area contributed by atoms with Crippen molar-refractivity contribution in [1.29, 1.82) is 0 Å². The zero-order valence-electron chi connectivity index (χ0n) is 17.0. The van der Waals surface area contributed by atoms with E-state index in [2.05, 4.69) is 5.32 Å². The third-order valence-corrected chi connectivity index (χ3v) is 4.36. The summed E-state index contributed by atoms with van der Waals surface area (Å²) in [6, 6.07) is 11.7. The topological polar surface area (TPSA) is 58.6 Å². The Labute approximate surface area is 175 Å². The summed E-state index contributed by atoms with van der Waals surface area (Å²) < 4.78 is 18.8. The van der Waals surface area contributed by atoms with Gasteiger partial charge in [-0.25, -0.2) is 4.39 Å². The standard InChI is InChI=1S/C22H26ClFN2O3/c1-15(21(28)25-22(2,3)4)26(13-16-5-9-18(24)10-6-16)20(27)14-29-19-11-7-17(23)8-12-19/h5-12,15H,13-14H2,1-4H3,(H,25,28)/t15-/m0/s1. The fourth-order valence-corrected chi connectivity index (χ4v) is 2.73. The number of halogens is 2. The molecule has 0 saturated carbocycles. The van der Waals surface area contributed by atoms with Gasteiger partial charge in [-0.15, -0.1) is 0 Å². The van der Waals surface area contributed by atoms with E-state index < -0.39 is 11.6 Å². The van der Waals surface area contributed by atoms with Crippen molar-refractivity contribution in [2.45, 2.75) is 45.8 Å². The number of rotatable bonds is 7. The normalized spacial score (nSPS) is 12.2. The number of amides is 2. The Morgan fingerprint density at radius 2 is 1.69 bits per heavy atom. The molecule has 0 bridgehead atoms. The quantitative estimate of drug-likeness (QED) is 0.730. The summed E-state index contributed by atoms with van der Waals surface area (Å²) in [5.74, 6) is -0.507. The zero-order chi connectivity index (χ0) is 21.6. The molecular weight excluding hydrogens is 395 g/mol. The highest BCUT2D eigenvalue weighted by Gasteiger charge is 2.28. The monoisotopic (exact) mass is 420 g/mol. The van der Waals surface area contributed by atoms with Crippen molar-refractivity contribution >= 4 is 23.4 Å². The molecule has 0 spiro atoms. The number of nitrogens with one attached hydrogen (secondary N) is 1. The Morgan fingerprint density at radius 1 is 1.10 bits per heavy atom. The molecule has 1 atom stereocenters. The molecule has 2 aromatic rings. The average Bonchev–Trinajstić information content (AvgIpc) is 2.65. The minimum Gasteiger partial charge on any atom is -0.484 e. The first-order valence-corrected chi connectivity index (χ1v) is 9.67. The second kappa shape index (κ2) is 9.74. The summed E-state index contributed by atoms with van der Waals surface area (Å²) in [7, 11) is 0. The molecule has 0 aromatic heterocycles. The van der Waals surface area contributed by atoms with Crippen LogP contribution in [0, 0.1) is 5.82 Å². The highest BCUT2D eigenvalue weighted by Crippen LogP contribution is 2.17. The van der Waals surface area contributed by atoms with Crippen LogP contribution in [0.25, 0.3) is 0 Å². The van der Waals surface area contributed by atoms with E-state index in [9.17, 15) is 14.0 Å². The van der Waals surface area contributed by atoms with Crippen molar-refractivity contribution in [3.05, 3.63) is 64.9 Å². The summed E-state index contributed by atoms with van der Waals surface area (Å²) in [6.45, 7) is 7.18. The molecular formula is C22H26ClFN2O3. The molecule has 2 rings (SSSR count). The molecule has 0 aliphatic carbocycles. The molecule has 0 aliphatic heterocycles. The zero-order valence-corrected chi connectivity index (χ0v) is 17.8. The molecule has 156 valence electrons. The van der Waals surface area contributed by atoms with Crippen LogP contribution in [0.3, 0.4) is 0 Å². The van der Waals surface area contributed by atoms with Gasteiger partial charge in [0, 0.05) is 17.1 Å². The largest absolute Gasteiger partial charge is 0.484 e. The van der Waals surface area contributed by atoms with Gasteiger partial charge in [-0.05, 0) is 69.7 Å². The van der Waals surface area contributed by atoms with E-state index in [0.29, 0.717) is 16.3 Å². The summed E-state index contributed by atoms with van der Waals surface area (Å²) >= 11 is 5.85. The van der Waals surface area contributed by atoms with Crippen LogP contribution >= 0.6 is 11.6 Å². The Bertz CT molecular complexity index is 833. The van der Waals surface area contributed by atoms with E-state index in [-0.39, 0.29) is 30.8 Å². The van der Waals surface area contributed by atoms with Crippen molar-refractivity contribution in [3.63, 3.8) is 0 Å². The summed E-state index contributed by atoms with van der Waals surface area (Å²) in [4.78, 5) is 26.9. The van der Waals surface area contributed by atoms with Crippen molar-refractivity contribution in [1.82, 2.24) is 10.2 Å². The van der Waals surface area contributed by atoms with E-state index >= 15 is 0 Å². The molecule has 2 amide bonds. The van der Waals surface area contributed by atoms with Crippen LogP contribution in [-0.4, -0.2) is 34.9 Å². The van der Waals surface area contributed by atoms with Gasteiger partial charge in [0.15, 0.2) is 6.61 Å². The molecule has 5 nitrogen and oxygen atoms in total. The van der Waals surface area contributed by atoms with Crippen LogP contribution in [0.5, 0.6) is 5.75 Å². The molecule has 0 aliphatic rings. The molecule has 0 fully saturated rings. The highest BCUT2D eigenvalue weighted by atomic mass is 35.5. The number of nitrogens with zero attached hydrogens (tertiary/aromatic N) is 1. The molecule has 1 N–H and O–H groups in total. The first-order chi connectivity index (χ1) is 13.5. The second-order valence-electron chi connectivity index (χ2n) is 7.81. The smallest absolute Gasteiger partial charge is 0.261 e. The molecule has 2 aromatic carbocycles. The Balaban J connectivity index is 2.15. The van der Waals surface area contributed by atoms with Crippen LogP contribution in [0.4, 0.5) is 4.39 Å². The number of benzene rings is 2. The van der Waals surface area contributed by atoms with Gasteiger partial charge in [0.2, 0.25) is 5.91 Å². The molecule has 0 radical (unpaired) electrons. The first-order valence-electron chi connectivity index (χ1n) is 9.29. The lowest BCUT2D eigenvalue weighted by Gasteiger charge is -2.31. The van der Waals surface area contributed by atoms with Crippen LogP contribution in [0.2, 0.25) is 5.02 Å². The molecule has 29 heavy (non-hydrogen) atoms. The van der Waals surface area contributed by atoms with Crippen molar-refractivity contribution in [2.24, 2.45) is 0 Å².